The number of aliphatic hydroxyl groups excluding tert-OH is 1. The molecule has 2 aromatic heterocycles. The Morgan fingerprint density at radius 3 is 2.95 bits per heavy atom. The second-order valence-corrected chi connectivity index (χ2v) is 6.78. The SMILES string of the molecule is Cc1ccsc1CNS(=O)(=O)c1cnn(CCO)c1. The summed E-state index contributed by atoms with van der Waals surface area (Å²) in [7, 11) is -3.56. The fourth-order valence-electron chi connectivity index (χ4n) is 1.54. The van der Waals surface area contributed by atoms with Crippen LogP contribution in [0.3, 0.4) is 0 Å². The van der Waals surface area contributed by atoms with Crippen LogP contribution in [0, 0.1) is 6.92 Å². The van der Waals surface area contributed by atoms with E-state index in [0.29, 0.717) is 0 Å². The predicted octanol–water partition coefficient (Wildman–Crippen LogP) is 0.724. The van der Waals surface area contributed by atoms with Crippen molar-refractivity contribution in [2.45, 2.75) is 24.9 Å². The van der Waals surface area contributed by atoms with Gasteiger partial charge < -0.3 is 5.11 Å². The summed E-state index contributed by atoms with van der Waals surface area (Å²) in [4.78, 5) is 1.10. The van der Waals surface area contributed by atoms with E-state index in [2.05, 4.69) is 9.82 Å². The Morgan fingerprint density at radius 1 is 1.53 bits per heavy atom. The summed E-state index contributed by atoms with van der Waals surface area (Å²) in [5.41, 5.74) is 1.07. The molecule has 104 valence electrons. The van der Waals surface area contributed by atoms with Crippen molar-refractivity contribution in [2.24, 2.45) is 0 Å². The summed E-state index contributed by atoms with van der Waals surface area (Å²) in [5, 5.41) is 14.6. The summed E-state index contributed by atoms with van der Waals surface area (Å²) >= 11 is 1.52. The first-order valence-corrected chi connectivity index (χ1v) is 8.05. The lowest BCUT2D eigenvalue weighted by molar-refractivity contribution is 0.269. The molecule has 0 amide bonds. The van der Waals surface area contributed by atoms with E-state index in [1.807, 2.05) is 18.4 Å². The van der Waals surface area contributed by atoms with Gasteiger partial charge in [-0.3, -0.25) is 4.68 Å². The molecule has 0 atom stereocenters. The first-order chi connectivity index (χ1) is 9.03. The van der Waals surface area contributed by atoms with Crippen LogP contribution >= 0.6 is 11.3 Å². The van der Waals surface area contributed by atoms with Crippen LogP contribution in [0.15, 0.2) is 28.7 Å². The average molecular weight is 301 g/mol. The van der Waals surface area contributed by atoms with Crippen molar-refractivity contribution in [2.75, 3.05) is 6.61 Å². The van der Waals surface area contributed by atoms with Gasteiger partial charge in [0.15, 0.2) is 0 Å². The van der Waals surface area contributed by atoms with Crippen LogP contribution in [-0.2, 0) is 23.1 Å². The lowest BCUT2D eigenvalue weighted by Gasteiger charge is -2.04. The summed E-state index contributed by atoms with van der Waals surface area (Å²) in [5.74, 6) is 0. The zero-order chi connectivity index (χ0) is 13.9. The third kappa shape index (κ3) is 3.41. The van der Waals surface area contributed by atoms with Gasteiger partial charge in [-0.2, -0.15) is 5.10 Å². The molecule has 2 aromatic rings. The number of thiophene rings is 1. The summed E-state index contributed by atoms with van der Waals surface area (Å²) in [6, 6.07) is 1.95. The first-order valence-electron chi connectivity index (χ1n) is 5.69. The highest BCUT2D eigenvalue weighted by Gasteiger charge is 2.16. The molecule has 0 spiro atoms. The fourth-order valence-corrected chi connectivity index (χ4v) is 3.42. The molecule has 8 heteroatoms. The van der Waals surface area contributed by atoms with Gasteiger partial charge in [-0.25, -0.2) is 13.1 Å². The van der Waals surface area contributed by atoms with Crippen molar-refractivity contribution in [3.63, 3.8) is 0 Å². The Balaban J connectivity index is 2.07. The minimum absolute atomic E-state index is 0.0804. The van der Waals surface area contributed by atoms with Gasteiger partial charge in [0.25, 0.3) is 0 Å². The topological polar surface area (TPSA) is 84.2 Å². The molecule has 0 saturated carbocycles. The number of nitrogens with one attached hydrogen (secondary N) is 1. The van der Waals surface area contributed by atoms with E-state index >= 15 is 0 Å². The normalized spacial score (nSPS) is 11.9. The molecule has 0 aliphatic heterocycles. The fraction of sp³-hybridized carbons (Fsp3) is 0.364. The highest BCUT2D eigenvalue weighted by molar-refractivity contribution is 7.89. The molecule has 0 unspecified atom stereocenters. The van der Waals surface area contributed by atoms with Crippen LogP contribution in [0.25, 0.3) is 0 Å². The molecule has 6 nitrogen and oxygen atoms in total. The van der Waals surface area contributed by atoms with Gasteiger partial charge in [0.05, 0.1) is 19.3 Å². The monoisotopic (exact) mass is 301 g/mol. The molecule has 0 fully saturated rings. The number of aryl methyl sites for hydroxylation is 1. The molecule has 0 aliphatic carbocycles. The van der Waals surface area contributed by atoms with Crippen molar-refractivity contribution in [3.8, 4) is 0 Å². The van der Waals surface area contributed by atoms with Crippen molar-refractivity contribution >= 4 is 21.4 Å². The maximum absolute atomic E-state index is 12.0. The molecule has 0 aromatic carbocycles. The van der Waals surface area contributed by atoms with Crippen LogP contribution in [0.2, 0.25) is 0 Å². The Hall–Kier alpha value is -1.22. The number of hydrogen-bond donors (Lipinski definition) is 2. The summed E-state index contributed by atoms with van der Waals surface area (Å²) in [6.07, 6.45) is 2.68. The maximum atomic E-state index is 12.0. The second-order valence-electron chi connectivity index (χ2n) is 4.01. The lowest BCUT2D eigenvalue weighted by Crippen LogP contribution is -2.22. The van der Waals surface area contributed by atoms with Crippen molar-refractivity contribution in [3.05, 3.63) is 34.3 Å². The number of rotatable bonds is 6. The molecule has 19 heavy (non-hydrogen) atoms. The Bertz CT molecular complexity index is 646. The molecular weight excluding hydrogens is 286 g/mol. The predicted molar refractivity (Wildman–Crippen MR) is 72.4 cm³/mol. The highest BCUT2D eigenvalue weighted by Crippen LogP contribution is 2.16. The lowest BCUT2D eigenvalue weighted by atomic mass is 10.3. The Labute approximate surface area is 115 Å². The van der Waals surface area contributed by atoms with Crippen LogP contribution in [-0.4, -0.2) is 29.9 Å². The molecular formula is C11H15N3O3S2. The van der Waals surface area contributed by atoms with E-state index in [-0.39, 0.29) is 24.6 Å². The minimum Gasteiger partial charge on any atom is -0.394 e. The number of nitrogens with zero attached hydrogens (tertiary/aromatic N) is 2. The first kappa shape index (κ1) is 14.2. The van der Waals surface area contributed by atoms with Gasteiger partial charge in [-0.1, -0.05) is 0 Å². The quantitative estimate of drug-likeness (QED) is 0.823. The van der Waals surface area contributed by atoms with Crippen LogP contribution in [0.5, 0.6) is 0 Å². The molecule has 0 bridgehead atoms. The number of aromatic nitrogens is 2. The Morgan fingerprint density at radius 2 is 2.32 bits per heavy atom. The van der Waals surface area contributed by atoms with Crippen LogP contribution in [0.1, 0.15) is 10.4 Å². The highest BCUT2D eigenvalue weighted by atomic mass is 32.2. The van der Waals surface area contributed by atoms with E-state index in [1.165, 1.54) is 28.4 Å². The van der Waals surface area contributed by atoms with Gasteiger partial charge in [0.1, 0.15) is 4.90 Å². The molecule has 2 heterocycles. The maximum Gasteiger partial charge on any atom is 0.244 e. The van der Waals surface area contributed by atoms with E-state index < -0.39 is 10.0 Å². The third-order valence-electron chi connectivity index (χ3n) is 2.64. The van der Waals surface area contributed by atoms with E-state index in [4.69, 9.17) is 5.11 Å². The zero-order valence-electron chi connectivity index (χ0n) is 10.4. The number of sulfonamides is 1. The van der Waals surface area contributed by atoms with E-state index in [1.54, 1.807) is 0 Å². The average Bonchev–Trinajstić information content (AvgIpc) is 2.97. The molecule has 2 N–H and O–H groups in total. The van der Waals surface area contributed by atoms with E-state index in [9.17, 15) is 8.42 Å². The summed E-state index contributed by atoms with van der Waals surface area (Å²) in [6.45, 7) is 2.42. The van der Waals surface area contributed by atoms with Gasteiger partial charge in [-0.15, -0.1) is 11.3 Å². The smallest absolute Gasteiger partial charge is 0.244 e. The third-order valence-corrected chi connectivity index (χ3v) is 5.02. The van der Waals surface area contributed by atoms with Crippen LogP contribution in [0.4, 0.5) is 0 Å². The Kier molecular flexibility index (Phi) is 4.35. The van der Waals surface area contributed by atoms with Gasteiger partial charge in [-0.05, 0) is 23.9 Å². The molecule has 2 rings (SSSR count). The van der Waals surface area contributed by atoms with E-state index in [0.717, 1.165) is 10.4 Å². The number of aliphatic hydroxyl groups is 1. The van der Waals surface area contributed by atoms with Gasteiger partial charge in [0.2, 0.25) is 10.0 Å². The van der Waals surface area contributed by atoms with Crippen molar-refractivity contribution in [1.29, 1.82) is 0 Å². The van der Waals surface area contributed by atoms with Gasteiger partial charge in [0, 0.05) is 17.6 Å². The standard InChI is InChI=1S/C11H15N3O3S2/c1-9-2-5-18-11(9)7-13-19(16,17)10-6-12-14(8-10)3-4-15/h2,5-6,8,13,15H,3-4,7H2,1H3. The van der Waals surface area contributed by atoms with Gasteiger partial charge >= 0.3 is 0 Å². The second kappa shape index (κ2) is 5.83. The largest absolute Gasteiger partial charge is 0.394 e. The van der Waals surface area contributed by atoms with Crippen molar-refractivity contribution < 1.29 is 13.5 Å². The minimum atomic E-state index is -3.56. The molecule has 0 saturated heterocycles. The zero-order valence-corrected chi connectivity index (χ0v) is 12.0. The summed E-state index contributed by atoms with van der Waals surface area (Å²) < 4.78 is 28.0. The molecule has 0 aliphatic rings. The molecule has 0 radical (unpaired) electrons. The van der Waals surface area contributed by atoms with Crippen molar-refractivity contribution in [1.82, 2.24) is 14.5 Å². The van der Waals surface area contributed by atoms with Crippen LogP contribution < -0.4 is 4.72 Å². The number of hydrogen-bond acceptors (Lipinski definition) is 5.